The molecule has 0 radical (unpaired) electrons. The molecule has 2 fully saturated rings. The molecule has 1 spiro atoms. The Morgan fingerprint density at radius 2 is 1.70 bits per heavy atom. The molecule has 3 aliphatic heterocycles. The Hall–Kier alpha value is -4.56. The van der Waals surface area contributed by atoms with Crippen molar-refractivity contribution in [3.05, 3.63) is 99.3 Å². The highest BCUT2D eigenvalue weighted by Crippen LogP contribution is 2.43. The lowest BCUT2D eigenvalue weighted by atomic mass is 9.88. The third kappa shape index (κ3) is 6.41. The van der Waals surface area contributed by atoms with Crippen LogP contribution in [-0.4, -0.2) is 93.8 Å². The Kier molecular flexibility index (Phi) is 9.49. The molecule has 2 saturated heterocycles. The number of aromatic nitrogens is 4. The van der Waals surface area contributed by atoms with Crippen molar-refractivity contribution < 1.29 is 19.1 Å². The summed E-state index contributed by atoms with van der Waals surface area (Å²) in [4.78, 5) is 47.3. The van der Waals surface area contributed by atoms with Gasteiger partial charge in [0.1, 0.15) is 5.54 Å². The molecule has 0 saturated carbocycles. The summed E-state index contributed by atoms with van der Waals surface area (Å²) in [5.74, 6) is -0.288. The highest BCUT2D eigenvalue weighted by atomic mass is 35.5. The fourth-order valence-electron chi connectivity index (χ4n) is 7.15. The molecular weight excluding hydrogens is 658 g/mol. The first-order valence-electron chi connectivity index (χ1n) is 17.0. The number of imidazole rings is 1. The van der Waals surface area contributed by atoms with Crippen molar-refractivity contribution in [3.63, 3.8) is 0 Å². The Bertz CT molecular complexity index is 1890. The van der Waals surface area contributed by atoms with Gasteiger partial charge in [-0.2, -0.15) is 5.10 Å². The minimum Gasteiger partial charge on any atom is -0.377 e. The van der Waals surface area contributed by atoms with Crippen molar-refractivity contribution >= 4 is 35.0 Å². The summed E-state index contributed by atoms with van der Waals surface area (Å²) in [5, 5.41) is 14.1. The molecule has 14 heteroatoms. The molecule has 0 unspecified atom stereocenters. The average Bonchev–Trinajstić information content (AvgIpc) is 3.67. The van der Waals surface area contributed by atoms with Crippen molar-refractivity contribution in [2.45, 2.75) is 51.0 Å². The van der Waals surface area contributed by atoms with Gasteiger partial charge in [-0.05, 0) is 68.2 Å². The fraction of sp³-hybridized carbons (Fsp3) is 0.417. The van der Waals surface area contributed by atoms with E-state index in [1.165, 1.54) is 0 Å². The number of anilines is 1. The molecule has 262 valence electrons. The molecule has 7 rings (SSSR count). The Balaban J connectivity index is 0.977. The number of nitrogens with zero attached hydrogens (tertiary/aromatic N) is 6. The number of carbonyl (C=O) groups is 3. The molecule has 3 amide bonds. The van der Waals surface area contributed by atoms with E-state index in [0.29, 0.717) is 60.9 Å². The van der Waals surface area contributed by atoms with Crippen LogP contribution in [0.15, 0.2) is 54.7 Å². The minimum absolute atomic E-state index is 0.0385. The lowest BCUT2D eigenvalue weighted by Gasteiger charge is -2.52. The monoisotopic (exact) mass is 699 g/mol. The SMILES string of the molecule is Cc1c(C(=O)Nc2ccc(CNC(=O)c3nc(Cl)c4n3CCN(Cc3ccc(C(=O)N(C)C)cc3)C43COC3)cc2)cnn1C1CCNCC1. The van der Waals surface area contributed by atoms with Crippen LogP contribution in [0.25, 0.3) is 0 Å². The largest absolute Gasteiger partial charge is 0.377 e. The molecular formula is C36H42ClN9O4. The van der Waals surface area contributed by atoms with Crippen molar-refractivity contribution in [2.24, 2.45) is 0 Å². The van der Waals surface area contributed by atoms with Gasteiger partial charge in [-0.3, -0.25) is 24.0 Å². The van der Waals surface area contributed by atoms with E-state index in [0.717, 1.165) is 48.4 Å². The number of carbonyl (C=O) groups excluding carboxylic acids is 3. The number of amides is 3. The van der Waals surface area contributed by atoms with Crippen LogP contribution >= 0.6 is 11.6 Å². The second-order valence-electron chi connectivity index (χ2n) is 13.5. The van der Waals surface area contributed by atoms with E-state index in [2.05, 4.69) is 30.9 Å². The molecule has 5 heterocycles. The molecule has 2 aromatic heterocycles. The second kappa shape index (κ2) is 14.0. The van der Waals surface area contributed by atoms with Crippen molar-refractivity contribution in [3.8, 4) is 0 Å². The quantitative estimate of drug-likeness (QED) is 0.241. The summed E-state index contributed by atoms with van der Waals surface area (Å²) in [5.41, 5.74) is 4.95. The van der Waals surface area contributed by atoms with Gasteiger partial charge in [0, 0.05) is 57.2 Å². The van der Waals surface area contributed by atoms with Gasteiger partial charge in [0.2, 0.25) is 5.82 Å². The number of hydrogen-bond acceptors (Lipinski definition) is 8. The van der Waals surface area contributed by atoms with Crippen LogP contribution in [0, 0.1) is 6.92 Å². The van der Waals surface area contributed by atoms with Gasteiger partial charge in [-0.25, -0.2) is 4.98 Å². The topological polar surface area (TPSA) is 139 Å². The normalized spacial score (nSPS) is 17.2. The highest BCUT2D eigenvalue weighted by Gasteiger charge is 2.52. The zero-order valence-electron chi connectivity index (χ0n) is 28.5. The molecule has 2 aromatic carbocycles. The van der Waals surface area contributed by atoms with E-state index in [9.17, 15) is 14.4 Å². The minimum atomic E-state index is -0.496. The van der Waals surface area contributed by atoms with E-state index in [1.807, 2.05) is 64.7 Å². The van der Waals surface area contributed by atoms with Crippen LogP contribution in [-0.2, 0) is 29.9 Å². The van der Waals surface area contributed by atoms with Crippen molar-refractivity contribution in [1.29, 1.82) is 0 Å². The number of nitrogens with one attached hydrogen (secondary N) is 3. The van der Waals surface area contributed by atoms with Gasteiger partial charge in [-0.1, -0.05) is 35.9 Å². The zero-order chi connectivity index (χ0) is 35.0. The molecule has 0 bridgehead atoms. The van der Waals surface area contributed by atoms with Gasteiger partial charge >= 0.3 is 0 Å². The summed E-state index contributed by atoms with van der Waals surface area (Å²) >= 11 is 6.75. The first kappa shape index (κ1) is 33.9. The summed E-state index contributed by atoms with van der Waals surface area (Å²) in [6, 6.07) is 15.3. The number of benzene rings is 2. The molecule has 13 nitrogen and oxygen atoms in total. The number of piperidine rings is 1. The van der Waals surface area contributed by atoms with Gasteiger partial charge < -0.3 is 30.2 Å². The van der Waals surface area contributed by atoms with Crippen LogP contribution in [0.1, 0.15) is 72.7 Å². The molecule has 4 aromatic rings. The maximum absolute atomic E-state index is 13.4. The van der Waals surface area contributed by atoms with Gasteiger partial charge in [-0.15, -0.1) is 0 Å². The van der Waals surface area contributed by atoms with E-state index in [4.69, 9.17) is 16.3 Å². The lowest BCUT2D eigenvalue weighted by Crippen LogP contribution is -2.63. The first-order chi connectivity index (χ1) is 24.1. The summed E-state index contributed by atoms with van der Waals surface area (Å²) in [6.45, 7) is 6.86. The summed E-state index contributed by atoms with van der Waals surface area (Å²) in [7, 11) is 3.47. The highest BCUT2D eigenvalue weighted by molar-refractivity contribution is 6.30. The van der Waals surface area contributed by atoms with Crippen LogP contribution in [0.2, 0.25) is 5.15 Å². The van der Waals surface area contributed by atoms with Gasteiger partial charge in [0.05, 0.1) is 36.7 Å². The van der Waals surface area contributed by atoms with Crippen LogP contribution in [0.5, 0.6) is 0 Å². The maximum Gasteiger partial charge on any atom is 0.287 e. The zero-order valence-corrected chi connectivity index (χ0v) is 29.3. The molecule has 3 aliphatic rings. The smallest absolute Gasteiger partial charge is 0.287 e. The predicted octanol–water partition coefficient (Wildman–Crippen LogP) is 3.59. The second-order valence-corrected chi connectivity index (χ2v) is 13.8. The predicted molar refractivity (Wildman–Crippen MR) is 188 cm³/mol. The van der Waals surface area contributed by atoms with E-state index in [-0.39, 0.29) is 30.1 Å². The number of halogens is 1. The van der Waals surface area contributed by atoms with E-state index in [1.54, 1.807) is 25.2 Å². The van der Waals surface area contributed by atoms with Gasteiger partial charge in [0.25, 0.3) is 17.7 Å². The summed E-state index contributed by atoms with van der Waals surface area (Å²) in [6.07, 6.45) is 3.62. The average molecular weight is 700 g/mol. The van der Waals surface area contributed by atoms with Gasteiger partial charge in [0.15, 0.2) is 5.15 Å². The number of fused-ring (bicyclic) bond motifs is 2. The van der Waals surface area contributed by atoms with E-state index < -0.39 is 5.54 Å². The maximum atomic E-state index is 13.4. The molecule has 50 heavy (non-hydrogen) atoms. The van der Waals surface area contributed by atoms with E-state index >= 15 is 0 Å². The molecule has 0 atom stereocenters. The fourth-order valence-corrected chi connectivity index (χ4v) is 7.51. The third-order valence-electron chi connectivity index (χ3n) is 10.0. The summed E-state index contributed by atoms with van der Waals surface area (Å²) < 4.78 is 9.60. The van der Waals surface area contributed by atoms with Crippen LogP contribution in [0.4, 0.5) is 5.69 Å². The van der Waals surface area contributed by atoms with Crippen LogP contribution < -0.4 is 16.0 Å². The number of ether oxygens (including phenoxy) is 1. The van der Waals surface area contributed by atoms with Crippen molar-refractivity contribution in [2.75, 3.05) is 52.3 Å². The number of rotatable bonds is 9. The van der Waals surface area contributed by atoms with Crippen molar-refractivity contribution in [1.82, 2.24) is 39.8 Å². The standard InChI is InChI=1S/C36H42ClN9O4/c1-23-29(19-40-46(23)28-12-14-38-15-13-28)33(47)41-27-10-6-24(7-11-27)18-39-34(48)32-42-31(37)30-36(21-50-22-36)44(16-17-45(30)32)20-25-4-8-26(9-5-25)35(49)43(2)3/h4-11,19,28,38H,12-18,20-22H2,1-3H3,(H,39,48)(H,41,47). The number of hydrogen-bond donors (Lipinski definition) is 3. The molecule has 0 aliphatic carbocycles. The Morgan fingerprint density at radius 1 is 1.00 bits per heavy atom. The van der Waals surface area contributed by atoms with Crippen LogP contribution in [0.3, 0.4) is 0 Å². The Labute approximate surface area is 295 Å². The Morgan fingerprint density at radius 3 is 2.36 bits per heavy atom. The molecule has 3 N–H and O–H groups in total. The third-order valence-corrected chi connectivity index (χ3v) is 10.3. The lowest BCUT2D eigenvalue weighted by molar-refractivity contribution is -0.162. The first-order valence-corrected chi connectivity index (χ1v) is 17.4.